The smallest absolute Gasteiger partial charge is 0.408 e. The minimum Gasteiger partial charge on any atom is -0.460 e. The third-order valence-corrected chi connectivity index (χ3v) is 4.74. The van der Waals surface area contributed by atoms with Crippen molar-refractivity contribution in [3.63, 3.8) is 0 Å². The summed E-state index contributed by atoms with van der Waals surface area (Å²) in [7, 11) is 0. The number of ether oxygens (including phenoxy) is 2. The van der Waals surface area contributed by atoms with Crippen LogP contribution in [0.2, 0.25) is 0 Å². The number of hydrogen-bond donors (Lipinski definition) is 1. The van der Waals surface area contributed by atoms with Crippen molar-refractivity contribution in [2.24, 2.45) is 0 Å². The molecule has 0 spiro atoms. The molecule has 1 amide bonds. The van der Waals surface area contributed by atoms with Crippen LogP contribution in [0.1, 0.15) is 23.6 Å². The highest BCUT2D eigenvalue weighted by Gasteiger charge is 2.40. The number of amides is 1. The Kier molecular flexibility index (Phi) is 7.22. The lowest BCUT2D eigenvalue weighted by molar-refractivity contribution is -0.138. The zero-order valence-corrected chi connectivity index (χ0v) is 17.4. The summed E-state index contributed by atoms with van der Waals surface area (Å²) in [4.78, 5) is 24.4. The Bertz CT molecular complexity index is 920. The molecule has 5 heteroatoms. The standard InChI is InChI=1S/C26H25NO4/c1-20(2)24(28)30-19-18-27-25(29)31-26(21-12-6-3-7-13-21,22-14-8-4-9-15-22)23-16-10-5-11-17-23/h3-17H,1,18-19H2,2H3,(H,27,29). The molecule has 0 aliphatic heterocycles. The molecule has 1 N–H and O–H groups in total. The van der Waals surface area contributed by atoms with Gasteiger partial charge in [-0.15, -0.1) is 0 Å². The maximum Gasteiger partial charge on any atom is 0.408 e. The average Bonchev–Trinajstić information content (AvgIpc) is 2.82. The predicted octanol–water partition coefficient (Wildman–Crippen LogP) is 4.82. The van der Waals surface area contributed by atoms with Crippen LogP contribution < -0.4 is 5.32 Å². The third kappa shape index (κ3) is 5.20. The van der Waals surface area contributed by atoms with Crippen molar-refractivity contribution in [1.82, 2.24) is 5.32 Å². The summed E-state index contributed by atoms with van der Waals surface area (Å²) in [5, 5.41) is 2.67. The zero-order valence-electron chi connectivity index (χ0n) is 17.4. The lowest BCUT2D eigenvalue weighted by Gasteiger charge is -2.35. The van der Waals surface area contributed by atoms with Gasteiger partial charge in [0.25, 0.3) is 0 Å². The molecule has 3 aromatic carbocycles. The fourth-order valence-electron chi connectivity index (χ4n) is 3.29. The molecule has 0 saturated carbocycles. The van der Waals surface area contributed by atoms with Gasteiger partial charge in [-0.05, 0) is 6.92 Å². The van der Waals surface area contributed by atoms with Crippen LogP contribution in [0.4, 0.5) is 4.79 Å². The van der Waals surface area contributed by atoms with Crippen molar-refractivity contribution < 1.29 is 19.1 Å². The minimum atomic E-state index is -1.15. The summed E-state index contributed by atoms with van der Waals surface area (Å²) in [6.07, 6.45) is -0.622. The molecule has 31 heavy (non-hydrogen) atoms. The maximum absolute atomic E-state index is 12.9. The van der Waals surface area contributed by atoms with Gasteiger partial charge in [-0.25, -0.2) is 9.59 Å². The summed E-state index contributed by atoms with van der Waals surface area (Å²) in [6, 6.07) is 28.8. The molecular formula is C26H25NO4. The van der Waals surface area contributed by atoms with Gasteiger partial charge in [-0.3, -0.25) is 0 Å². The van der Waals surface area contributed by atoms with Crippen molar-refractivity contribution in [1.29, 1.82) is 0 Å². The highest BCUT2D eigenvalue weighted by atomic mass is 16.6. The topological polar surface area (TPSA) is 64.6 Å². The van der Waals surface area contributed by atoms with Crippen LogP contribution in [0.15, 0.2) is 103 Å². The summed E-state index contributed by atoms with van der Waals surface area (Å²) in [6.45, 7) is 5.24. The molecule has 3 aromatic rings. The van der Waals surface area contributed by atoms with Gasteiger partial charge in [0.05, 0.1) is 6.54 Å². The monoisotopic (exact) mass is 415 g/mol. The second kappa shape index (κ2) is 10.3. The highest BCUT2D eigenvalue weighted by Crippen LogP contribution is 2.40. The number of esters is 1. The van der Waals surface area contributed by atoms with Crippen LogP contribution in [0.25, 0.3) is 0 Å². The Balaban J connectivity index is 1.92. The van der Waals surface area contributed by atoms with Gasteiger partial charge in [0.1, 0.15) is 6.61 Å². The van der Waals surface area contributed by atoms with E-state index in [1.165, 1.54) is 0 Å². The zero-order chi connectivity index (χ0) is 22.1. The molecule has 0 fully saturated rings. The fraction of sp³-hybridized carbons (Fsp3) is 0.154. The van der Waals surface area contributed by atoms with Gasteiger partial charge in [-0.2, -0.15) is 0 Å². The third-order valence-electron chi connectivity index (χ3n) is 4.74. The van der Waals surface area contributed by atoms with Crippen LogP contribution in [-0.4, -0.2) is 25.2 Å². The lowest BCUT2D eigenvalue weighted by Crippen LogP contribution is -2.40. The Hall–Kier alpha value is -3.86. The quantitative estimate of drug-likeness (QED) is 0.248. The number of rotatable bonds is 8. The molecule has 0 aromatic heterocycles. The van der Waals surface area contributed by atoms with Crippen LogP contribution >= 0.6 is 0 Å². The van der Waals surface area contributed by atoms with Crippen molar-refractivity contribution in [3.05, 3.63) is 120 Å². The number of hydrogen-bond acceptors (Lipinski definition) is 4. The Morgan fingerprint density at radius 1 is 0.806 bits per heavy atom. The molecule has 3 rings (SSSR count). The van der Waals surface area contributed by atoms with Crippen molar-refractivity contribution in [3.8, 4) is 0 Å². The first-order chi connectivity index (χ1) is 15.0. The van der Waals surface area contributed by atoms with Gasteiger partial charge in [0, 0.05) is 22.3 Å². The minimum absolute atomic E-state index is 0.0236. The largest absolute Gasteiger partial charge is 0.460 e. The van der Waals surface area contributed by atoms with E-state index in [-0.39, 0.29) is 13.2 Å². The van der Waals surface area contributed by atoms with Crippen molar-refractivity contribution in [2.75, 3.05) is 13.2 Å². The second-order valence-electron chi connectivity index (χ2n) is 7.01. The van der Waals surface area contributed by atoms with Crippen molar-refractivity contribution >= 4 is 12.1 Å². The summed E-state index contributed by atoms with van der Waals surface area (Å²) in [5.41, 5.74) is 1.60. The van der Waals surface area contributed by atoms with E-state index in [1.54, 1.807) is 6.92 Å². The highest BCUT2D eigenvalue weighted by molar-refractivity contribution is 5.86. The van der Waals surface area contributed by atoms with Gasteiger partial charge >= 0.3 is 12.1 Å². The Labute approximate surface area is 182 Å². The summed E-state index contributed by atoms with van der Waals surface area (Å²) >= 11 is 0. The lowest BCUT2D eigenvalue weighted by atomic mass is 9.80. The van der Waals surface area contributed by atoms with Gasteiger partial charge < -0.3 is 14.8 Å². The van der Waals surface area contributed by atoms with E-state index in [1.807, 2.05) is 91.0 Å². The van der Waals surface area contributed by atoms with E-state index in [9.17, 15) is 9.59 Å². The summed E-state index contributed by atoms with van der Waals surface area (Å²) < 4.78 is 11.2. The van der Waals surface area contributed by atoms with E-state index in [0.717, 1.165) is 16.7 Å². The first-order valence-corrected chi connectivity index (χ1v) is 10.00. The predicted molar refractivity (Wildman–Crippen MR) is 119 cm³/mol. The molecule has 0 aliphatic rings. The summed E-state index contributed by atoms with van der Waals surface area (Å²) in [5.74, 6) is -0.498. The number of benzene rings is 3. The first-order valence-electron chi connectivity index (χ1n) is 10.00. The number of nitrogens with one attached hydrogen (secondary N) is 1. The van der Waals surface area contributed by atoms with Gasteiger partial charge in [0.2, 0.25) is 0 Å². The molecule has 0 saturated heterocycles. The molecule has 0 unspecified atom stereocenters. The van der Waals surface area contributed by atoms with E-state index in [0.29, 0.717) is 5.57 Å². The van der Waals surface area contributed by atoms with E-state index in [4.69, 9.17) is 9.47 Å². The van der Waals surface area contributed by atoms with Gasteiger partial charge in [0.15, 0.2) is 5.60 Å². The number of carbonyl (C=O) groups excluding carboxylic acids is 2. The average molecular weight is 415 g/mol. The Morgan fingerprint density at radius 3 is 1.61 bits per heavy atom. The molecule has 0 aliphatic carbocycles. The normalized spacial score (nSPS) is 10.7. The molecule has 0 bridgehead atoms. The van der Waals surface area contributed by atoms with Crippen LogP contribution in [0, 0.1) is 0 Å². The number of carbonyl (C=O) groups is 2. The second-order valence-corrected chi connectivity index (χ2v) is 7.01. The fourth-order valence-corrected chi connectivity index (χ4v) is 3.29. The first kappa shape index (κ1) is 21.8. The van der Waals surface area contributed by atoms with E-state index in [2.05, 4.69) is 11.9 Å². The molecular weight excluding hydrogens is 390 g/mol. The van der Waals surface area contributed by atoms with Gasteiger partial charge in [-0.1, -0.05) is 97.6 Å². The Morgan fingerprint density at radius 2 is 1.23 bits per heavy atom. The molecule has 5 nitrogen and oxygen atoms in total. The van der Waals surface area contributed by atoms with Crippen LogP contribution in [-0.2, 0) is 19.9 Å². The molecule has 0 radical (unpaired) electrons. The molecule has 158 valence electrons. The number of alkyl carbamates (subject to hydrolysis) is 1. The van der Waals surface area contributed by atoms with Crippen LogP contribution in [0.3, 0.4) is 0 Å². The maximum atomic E-state index is 12.9. The van der Waals surface area contributed by atoms with E-state index < -0.39 is 17.7 Å². The van der Waals surface area contributed by atoms with Crippen LogP contribution in [0.5, 0.6) is 0 Å². The molecule has 0 heterocycles. The SMILES string of the molecule is C=C(C)C(=O)OCCNC(=O)OC(c1ccccc1)(c1ccccc1)c1ccccc1. The molecule has 0 atom stereocenters. The van der Waals surface area contributed by atoms with Crippen molar-refractivity contribution in [2.45, 2.75) is 12.5 Å². The van der Waals surface area contributed by atoms with E-state index >= 15 is 0 Å².